The van der Waals surface area contributed by atoms with Crippen LogP contribution >= 0.6 is 0 Å². The maximum atomic E-state index is 12.1. The first kappa shape index (κ1) is 15.5. The van der Waals surface area contributed by atoms with Crippen molar-refractivity contribution in [2.45, 2.75) is 25.0 Å². The number of rotatable bonds is 3. The zero-order valence-corrected chi connectivity index (χ0v) is 13.0. The second kappa shape index (κ2) is 5.98. The molecule has 0 saturated carbocycles. The van der Waals surface area contributed by atoms with Crippen LogP contribution in [0.4, 0.5) is 9.59 Å². The first-order valence-electron chi connectivity index (χ1n) is 7.60. The van der Waals surface area contributed by atoms with Crippen LogP contribution in [0, 0.1) is 0 Å². The van der Waals surface area contributed by atoms with Gasteiger partial charge in [-0.2, -0.15) is 0 Å². The molecule has 0 aliphatic carbocycles. The molecular weight excluding hydrogens is 300 g/mol. The Morgan fingerprint density at radius 3 is 2.52 bits per heavy atom. The lowest BCUT2D eigenvalue weighted by molar-refractivity contribution is 0.00431. The number of carboxylic acid groups (broad SMARTS) is 1. The average molecular weight is 320 g/mol. The highest BCUT2D eigenvalue weighted by Gasteiger charge is 2.47. The Kier molecular flexibility index (Phi) is 4.02. The van der Waals surface area contributed by atoms with Crippen molar-refractivity contribution in [3.05, 3.63) is 29.8 Å². The third-order valence-corrected chi connectivity index (χ3v) is 4.52. The number of amides is 2. The number of carbonyl (C=O) groups excluding carboxylic acids is 1. The van der Waals surface area contributed by atoms with E-state index < -0.39 is 11.7 Å². The van der Waals surface area contributed by atoms with E-state index in [1.807, 2.05) is 24.3 Å². The molecule has 1 aromatic rings. The minimum absolute atomic E-state index is 0.329. The highest BCUT2D eigenvalue weighted by molar-refractivity contribution is 5.71. The van der Waals surface area contributed by atoms with Crippen molar-refractivity contribution >= 4 is 12.2 Å². The molecule has 2 aliphatic heterocycles. The summed E-state index contributed by atoms with van der Waals surface area (Å²) in [5, 5.41) is 9.01. The van der Waals surface area contributed by atoms with E-state index in [0.717, 1.165) is 11.3 Å². The van der Waals surface area contributed by atoms with Crippen molar-refractivity contribution in [2.75, 3.05) is 26.7 Å². The van der Waals surface area contributed by atoms with E-state index >= 15 is 0 Å². The lowest BCUT2D eigenvalue weighted by atomic mass is 9.91. The highest BCUT2D eigenvalue weighted by atomic mass is 16.6. The quantitative estimate of drug-likeness (QED) is 0.923. The van der Waals surface area contributed by atoms with Crippen LogP contribution in [0.1, 0.15) is 18.4 Å². The van der Waals surface area contributed by atoms with E-state index in [9.17, 15) is 9.59 Å². The number of hydrogen-bond acceptors (Lipinski definition) is 4. The summed E-state index contributed by atoms with van der Waals surface area (Å²) in [6, 6.07) is 7.56. The maximum Gasteiger partial charge on any atom is 0.410 e. The third-order valence-electron chi connectivity index (χ3n) is 4.52. The molecule has 0 radical (unpaired) electrons. The molecule has 7 heteroatoms. The number of carbonyl (C=O) groups is 2. The first-order chi connectivity index (χ1) is 11.0. The van der Waals surface area contributed by atoms with Gasteiger partial charge in [-0.05, 0) is 17.7 Å². The van der Waals surface area contributed by atoms with Crippen LogP contribution in [-0.4, -0.2) is 59.4 Å². The zero-order chi connectivity index (χ0) is 16.4. The molecule has 124 valence electrons. The van der Waals surface area contributed by atoms with Crippen LogP contribution in [0.3, 0.4) is 0 Å². The molecular formula is C16H20N2O5. The zero-order valence-electron chi connectivity index (χ0n) is 13.0. The number of nitrogens with zero attached hydrogens (tertiary/aromatic N) is 2. The van der Waals surface area contributed by atoms with Crippen molar-refractivity contribution in [3.8, 4) is 5.75 Å². The lowest BCUT2D eigenvalue weighted by Gasteiger charge is -2.36. The molecule has 2 saturated heterocycles. The average Bonchev–Trinajstić information content (AvgIpc) is 2.84. The van der Waals surface area contributed by atoms with Gasteiger partial charge in [0.2, 0.25) is 0 Å². The van der Waals surface area contributed by atoms with Gasteiger partial charge in [0.15, 0.2) is 0 Å². The standard InChI is InChI=1S/C16H20N2O5/c1-22-13-4-2-12(3-5-13)10-18-11-16(23-15(18)21)6-8-17(9-7-16)14(19)20/h2-5H,6-11H2,1H3,(H,19,20). The second-order valence-electron chi connectivity index (χ2n) is 6.02. The molecule has 1 aromatic carbocycles. The van der Waals surface area contributed by atoms with E-state index in [2.05, 4.69) is 0 Å². The van der Waals surface area contributed by atoms with E-state index in [1.165, 1.54) is 4.90 Å². The summed E-state index contributed by atoms with van der Waals surface area (Å²) in [4.78, 5) is 26.2. The van der Waals surface area contributed by atoms with Crippen molar-refractivity contribution in [2.24, 2.45) is 0 Å². The molecule has 1 N–H and O–H groups in total. The smallest absolute Gasteiger partial charge is 0.410 e. The fourth-order valence-electron chi connectivity index (χ4n) is 3.13. The Balaban J connectivity index is 1.62. The molecule has 23 heavy (non-hydrogen) atoms. The minimum Gasteiger partial charge on any atom is -0.497 e. The maximum absolute atomic E-state index is 12.1. The Morgan fingerprint density at radius 2 is 1.96 bits per heavy atom. The third kappa shape index (κ3) is 3.18. The van der Waals surface area contributed by atoms with Crippen LogP contribution in [0.15, 0.2) is 24.3 Å². The number of benzene rings is 1. The predicted molar refractivity (Wildman–Crippen MR) is 81.4 cm³/mol. The molecule has 7 nitrogen and oxygen atoms in total. The Morgan fingerprint density at radius 1 is 1.30 bits per heavy atom. The lowest BCUT2D eigenvalue weighted by Crippen LogP contribution is -2.48. The van der Waals surface area contributed by atoms with Gasteiger partial charge in [0.25, 0.3) is 0 Å². The van der Waals surface area contributed by atoms with E-state index in [1.54, 1.807) is 12.0 Å². The highest BCUT2D eigenvalue weighted by Crippen LogP contribution is 2.34. The fourth-order valence-corrected chi connectivity index (χ4v) is 3.13. The summed E-state index contributed by atoms with van der Waals surface area (Å²) in [6.45, 7) is 1.79. The Bertz CT molecular complexity index is 593. The number of ether oxygens (including phenoxy) is 2. The largest absolute Gasteiger partial charge is 0.497 e. The van der Waals surface area contributed by atoms with Gasteiger partial charge in [-0.25, -0.2) is 9.59 Å². The predicted octanol–water partition coefficient (Wildman–Crippen LogP) is 2.16. The molecule has 2 amide bonds. The molecule has 0 bridgehead atoms. The van der Waals surface area contributed by atoms with E-state index in [-0.39, 0.29) is 6.09 Å². The van der Waals surface area contributed by atoms with Gasteiger partial charge in [-0.15, -0.1) is 0 Å². The summed E-state index contributed by atoms with van der Waals surface area (Å²) in [7, 11) is 1.61. The van der Waals surface area contributed by atoms with E-state index in [4.69, 9.17) is 14.6 Å². The SMILES string of the molecule is COc1ccc(CN2CC3(CCN(C(=O)O)CC3)OC2=O)cc1. The van der Waals surface area contributed by atoms with Gasteiger partial charge in [0.05, 0.1) is 13.7 Å². The Hall–Kier alpha value is -2.44. The molecule has 2 fully saturated rings. The van der Waals surface area contributed by atoms with Crippen molar-refractivity contribution in [1.29, 1.82) is 0 Å². The molecule has 0 aromatic heterocycles. The topological polar surface area (TPSA) is 79.3 Å². The van der Waals surface area contributed by atoms with Crippen LogP contribution in [0.5, 0.6) is 5.75 Å². The van der Waals surface area contributed by atoms with E-state index in [0.29, 0.717) is 39.0 Å². The van der Waals surface area contributed by atoms with Gasteiger partial charge in [0, 0.05) is 32.5 Å². The van der Waals surface area contributed by atoms with Crippen molar-refractivity contribution in [1.82, 2.24) is 9.80 Å². The monoisotopic (exact) mass is 320 g/mol. The molecule has 3 rings (SSSR count). The molecule has 2 heterocycles. The van der Waals surface area contributed by atoms with Gasteiger partial charge < -0.3 is 19.5 Å². The number of piperidine rings is 1. The van der Waals surface area contributed by atoms with Gasteiger partial charge in [-0.1, -0.05) is 12.1 Å². The van der Waals surface area contributed by atoms with Crippen LogP contribution < -0.4 is 4.74 Å². The Labute approximate surface area is 134 Å². The summed E-state index contributed by atoms with van der Waals surface area (Å²) in [5.74, 6) is 0.773. The van der Waals surface area contributed by atoms with Crippen LogP contribution in [0.2, 0.25) is 0 Å². The normalized spacial score (nSPS) is 19.8. The molecule has 0 atom stereocenters. The van der Waals surface area contributed by atoms with Crippen molar-refractivity contribution in [3.63, 3.8) is 0 Å². The fraction of sp³-hybridized carbons (Fsp3) is 0.500. The number of hydrogen-bond donors (Lipinski definition) is 1. The first-order valence-corrected chi connectivity index (χ1v) is 7.60. The van der Waals surface area contributed by atoms with Crippen LogP contribution in [0.25, 0.3) is 0 Å². The minimum atomic E-state index is -0.917. The van der Waals surface area contributed by atoms with Gasteiger partial charge in [0.1, 0.15) is 11.4 Å². The van der Waals surface area contributed by atoms with Gasteiger partial charge in [-0.3, -0.25) is 4.90 Å². The number of likely N-dealkylation sites (tertiary alicyclic amines) is 1. The summed E-state index contributed by atoms with van der Waals surface area (Å²) in [6.07, 6.45) is -0.155. The number of methoxy groups -OCH3 is 1. The molecule has 2 aliphatic rings. The van der Waals surface area contributed by atoms with Crippen LogP contribution in [-0.2, 0) is 11.3 Å². The molecule has 1 spiro atoms. The summed E-state index contributed by atoms with van der Waals surface area (Å²) >= 11 is 0. The summed E-state index contributed by atoms with van der Waals surface area (Å²) < 4.78 is 10.7. The second-order valence-corrected chi connectivity index (χ2v) is 6.02. The van der Waals surface area contributed by atoms with Crippen molar-refractivity contribution < 1.29 is 24.2 Å². The summed E-state index contributed by atoms with van der Waals surface area (Å²) in [5.41, 5.74) is 0.456. The van der Waals surface area contributed by atoms with Gasteiger partial charge >= 0.3 is 12.2 Å². The molecule has 0 unspecified atom stereocenters.